The maximum Gasteiger partial charge on any atom is 0.171 e. The van der Waals surface area contributed by atoms with Crippen molar-refractivity contribution in [1.29, 1.82) is 0 Å². The van der Waals surface area contributed by atoms with E-state index in [0.717, 1.165) is 24.5 Å². The van der Waals surface area contributed by atoms with Crippen molar-refractivity contribution in [3.8, 4) is 0 Å². The van der Waals surface area contributed by atoms with Gasteiger partial charge in [0.15, 0.2) is 5.82 Å². The Kier molecular flexibility index (Phi) is 3.17. The molecule has 4 heteroatoms. The van der Waals surface area contributed by atoms with E-state index in [4.69, 9.17) is 5.73 Å². The van der Waals surface area contributed by atoms with Gasteiger partial charge in [-0.1, -0.05) is 6.92 Å². The summed E-state index contributed by atoms with van der Waals surface area (Å²) in [6.07, 6.45) is 2.92. The maximum absolute atomic E-state index is 5.77. The number of nitrogens with two attached hydrogens (primary N) is 1. The molecule has 0 aliphatic rings. The van der Waals surface area contributed by atoms with Crippen LogP contribution in [-0.2, 0) is 6.54 Å². The van der Waals surface area contributed by atoms with E-state index >= 15 is 0 Å². The zero-order valence-corrected chi connectivity index (χ0v) is 8.54. The van der Waals surface area contributed by atoms with Crippen molar-refractivity contribution in [3.63, 3.8) is 0 Å². The number of hydrogen-bond acceptors (Lipinski definition) is 3. The second-order valence-corrected chi connectivity index (χ2v) is 3.24. The Balaban J connectivity index is 2.70. The Morgan fingerprint density at radius 1 is 1.62 bits per heavy atom. The molecule has 0 aromatic carbocycles. The number of hydrogen-bond donors (Lipinski definition) is 2. The molecule has 0 bridgehead atoms. The molecule has 0 unspecified atom stereocenters. The summed E-state index contributed by atoms with van der Waals surface area (Å²) in [5, 5.41) is 7.55. The molecule has 13 heavy (non-hydrogen) atoms. The molecule has 3 N–H and O–H groups in total. The van der Waals surface area contributed by atoms with Crippen LogP contribution in [0, 0.1) is 0 Å². The average molecular weight is 182 g/mol. The molecule has 74 valence electrons. The van der Waals surface area contributed by atoms with Gasteiger partial charge in [-0.25, -0.2) is 0 Å². The first-order valence-electron chi connectivity index (χ1n) is 4.76. The Labute approximate surface area is 79.1 Å². The lowest BCUT2D eigenvalue weighted by atomic mass is 10.2. The van der Waals surface area contributed by atoms with E-state index in [1.807, 2.05) is 17.8 Å². The Hall–Kier alpha value is -1.19. The lowest BCUT2D eigenvalue weighted by Crippen LogP contribution is -2.14. The van der Waals surface area contributed by atoms with Crippen molar-refractivity contribution in [1.82, 2.24) is 9.78 Å². The minimum atomic E-state index is 0.419. The van der Waals surface area contributed by atoms with Crippen LogP contribution in [0.4, 0.5) is 11.5 Å². The summed E-state index contributed by atoms with van der Waals surface area (Å²) in [6, 6.07) is 0.419. The minimum absolute atomic E-state index is 0.419. The molecule has 0 spiro atoms. The van der Waals surface area contributed by atoms with E-state index in [2.05, 4.69) is 24.3 Å². The molecular formula is C9H18N4. The molecule has 0 saturated carbocycles. The van der Waals surface area contributed by atoms with E-state index in [1.54, 1.807) is 0 Å². The zero-order chi connectivity index (χ0) is 9.84. The van der Waals surface area contributed by atoms with E-state index in [1.165, 1.54) is 0 Å². The standard InChI is InChI=1S/C9H18N4/c1-4-7(3)11-9-8(10)6-13(5-2)12-9/h6-7H,4-5,10H2,1-3H3,(H,11,12)/t7-/m1/s1. The first-order valence-corrected chi connectivity index (χ1v) is 4.76. The molecule has 1 aromatic rings. The molecule has 1 heterocycles. The molecule has 0 saturated heterocycles. The van der Waals surface area contributed by atoms with Gasteiger partial charge in [-0.05, 0) is 20.3 Å². The summed E-state index contributed by atoms with van der Waals surface area (Å²) in [4.78, 5) is 0. The quantitative estimate of drug-likeness (QED) is 0.745. The van der Waals surface area contributed by atoms with Crippen LogP contribution in [0.25, 0.3) is 0 Å². The van der Waals surface area contributed by atoms with Crippen molar-refractivity contribution in [2.24, 2.45) is 0 Å². The molecular weight excluding hydrogens is 164 g/mol. The van der Waals surface area contributed by atoms with Gasteiger partial charge < -0.3 is 11.1 Å². The van der Waals surface area contributed by atoms with Crippen LogP contribution in [0.2, 0.25) is 0 Å². The Morgan fingerprint density at radius 3 is 2.77 bits per heavy atom. The molecule has 1 atom stereocenters. The molecule has 0 amide bonds. The molecule has 1 rings (SSSR count). The number of aryl methyl sites for hydroxylation is 1. The van der Waals surface area contributed by atoms with E-state index in [9.17, 15) is 0 Å². The number of nitrogen functional groups attached to an aromatic ring is 1. The van der Waals surface area contributed by atoms with Gasteiger partial charge in [-0.3, -0.25) is 4.68 Å². The molecule has 0 radical (unpaired) electrons. The highest BCUT2D eigenvalue weighted by molar-refractivity contribution is 5.60. The lowest BCUT2D eigenvalue weighted by molar-refractivity contribution is 0.656. The third kappa shape index (κ3) is 2.37. The van der Waals surface area contributed by atoms with Gasteiger partial charge in [0, 0.05) is 12.6 Å². The maximum atomic E-state index is 5.77. The van der Waals surface area contributed by atoms with Crippen molar-refractivity contribution in [2.45, 2.75) is 39.8 Å². The fourth-order valence-electron chi connectivity index (χ4n) is 1.05. The first-order chi connectivity index (χ1) is 6.17. The summed E-state index contributed by atoms with van der Waals surface area (Å²) < 4.78 is 1.83. The molecule has 0 fully saturated rings. The molecule has 0 aliphatic carbocycles. The first kappa shape index (κ1) is 9.89. The molecule has 0 aliphatic heterocycles. The number of nitrogens with zero attached hydrogens (tertiary/aromatic N) is 2. The third-order valence-electron chi connectivity index (χ3n) is 2.11. The van der Waals surface area contributed by atoms with Crippen molar-refractivity contribution >= 4 is 11.5 Å². The van der Waals surface area contributed by atoms with Gasteiger partial charge in [0.2, 0.25) is 0 Å². The van der Waals surface area contributed by atoms with Gasteiger partial charge >= 0.3 is 0 Å². The molecule has 4 nitrogen and oxygen atoms in total. The van der Waals surface area contributed by atoms with E-state index < -0.39 is 0 Å². The van der Waals surface area contributed by atoms with Crippen LogP contribution in [0.3, 0.4) is 0 Å². The number of rotatable bonds is 4. The largest absolute Gasteiger partial charge is 0.394 e. The highest BCUT2D eigenvalue weighted by Crippen LogP contribution is 2.16. The van der Waals surface area contributed by atoms with Gasteiger partial charge in [-0.2, -0.15) is 5.10 Å². The van der Waals surface area contributed by atoms with E-state index in [-0.39, 0.29) is 0 Å². The Morgan fingerprint density at radius 2 is 2.31 bits per heavy atom. The smallest absolute Gasteiger partial charge is 0.171 e. The monoisotopic (exact) mass is 182 g/mol. The summed E-state index contributed by atoms with van der Waals surface area (Å²) in [7, 11) is 0. The van der Waals surface area contributed by atoms with E-state index in [0.29, 0.717) is 6.04 Å². The van der Waals surface area contributed by atoms with Crippen LogP contribution in [0.1, 0.15) is 27.2 Å². The van der Waals surface area contributed by atoms with Gasteiger partial charge in [0.1, 0.15) is 0 Å². The number of nitrogens with one attached hydrogen (secondary N) is 1. The van der Waals surface area contributed by atoms with Crippen molar-refractivity contribution < 1.29 is 0 Å². The van der Waals surface area contributed by atoms with Crippen molar-refractivity contribution in [3.05, 3.63) is 6.20 Å². The number of aromatic nitrogens is 2. The van der Waals surface area contributed by atoms with Crippen LogP contribution < -0.4 is 11.1 Å². The normalized spacial score (nSPS) is 12.8. The SMILES string of the molecule is CC[C@@H](C)Nc1nn(CC)cc1N. The second kappa shape index (κ2) is 4.16. The fraction of sp³-hybridized carbons (Fsp3) is 0.667. The van der Waals surface area contributed by atoms with Crippen LogP contribution in [-0.4, -0.2) is 15.8 Å². The predicted octanol–water partition coefficient (Wildman–Crippen LogP) is 1.70. The number of anilines is 2. The van der Waals surface area contributed by atoms with Crippen LogP contribution >= 0.6 is 0 Å². The second-order valence-electron chi connectivity index (χ2n) is 3.24. The Bertz CT molecular complexity index is 267. The topological polar surface area (TPSA) is 55.9 Å². The minimum Gasteiger partial charge on any atom is -0.394 e. The third-order valence-corrected chi connectivity index (χ3v) is 2.11. The van der Waals surface area contributed by atoms with Gasteiger partial charge in [-0.15, -0.1) is 0 Å². The van der Waals surface area contributed by atoms with Gasteiger partial charge in [0.25, 0.3) is 0 Å². The van der Waals surface area contributed by atoms with Crippen LogP contribution in [0.5, 0.6) is 0 Å². The fourth-order valence-corrected chi connectivity index (χ4v) is 1.05. The summed E-state index contributed by atoms with van der Waals surface area (Å²) in [5.74, 6) is 0.802. The zero-order valence-electron chi connectivity index (χ0n) is 8.54. The summed E-state index contributed by atoms with van der Waals surface area (Å²) in [6.45, 7) is 7.14. The summed E-state index contributed by atoms with van der Waals surface area (Å²) >= 11 is 0. The van der Waals surface area contributed by atoms with Crippen molar-refractivity contribution in [2.75, 3.05) is 11.1 Å². The van der Waals surface area contributed by atoms with Crippen LogP contribution in [0.15, 0.2) is 6.20 Å². The summed E-state index contributed by atoms with van der Waals surface area (Å²) in [5.41, 5.74) is 6.50. The molecule has 1 aromatic heterocycles. The highest BCUT2D eigenvalue weighted by Gasteiger charge is 2.06. The van der Waals surface area contributed by atoms with Gasteiger partial charge in [0.05, 0.1) is 11.9 Å². The highest BCUT2D eigenvalue weighted by atomic mass is 15.3. The predicted molar refractivity (Wildman–Crippen MR) is 55.7 cm³/mol. The average Bonchev–Trinajstić information content (AvgIpc) is 2.47. The lowest BCUT2D eigenvalue weighted by Gasteiger charge is -2.10.